The molecule has 3 N–H and O–H groups in total. The quantitative estimate of drug-likeness (QED) is 0.794. The van der Waals surface area contributed by atoms with Crippen molar-refractivity contribution in [2.75, 3.05) is 22.8 Å². The number of nitrogens with two attached hydrogens (primary N) is 1. The Hall–Kier alpha value is -1.80. The number of nitrogens with zero attached hydrogens (tertiary/aromatic N) is 1. The molecule has 0 saturated heterocycles. The van der Waals surface area contributed by atoms with Gasteiger partial charge in [-0.05, 0) is 19.1 Å². The lowest BCUT2D eigenvalue weighted by Crippen LogP contribution is -2.21. The van der Waals surface area contributed by atoms with E-state index < -0.39 is 10.0 Å². The van der Waals surface area contributed by atoms with Crippen LogP contribution in [-0.2, 0) is 10.0 Å². The highest BCUT2D eigenvalue weighted by molar-refractivity contribution is 7.92. The first-order valence-electron chi connectivity index (χ1n) is 5.85. The van der Waals surface area contributed by atoms with E-state index in [1.165, 1.54) is 11.3 Å². The highest BCUT2D eigenvalue weighted by Gasteiger charge is 2.12. The molecule has 1 aromatic heterocycles. The molecule has 1 heterocycles. The summed E-state index contributed by atoms with van der Waals surface area (Å²) >= 11 is 1.25. The van der Waals surface area contributed by atoms with Crippen LogP contribution in [0.15, 0.2) is 29.6 Å². The predicted octanol–water partition coefficient (Wildman–Crippen LogP) is 1.85. The lowest BCUT2D eigenvalue weighted by Gasteiger charge is -2.08. The van der Waals surface area contributed by atoms with E-state index >= 15 is 0 Å². The lowest BCUT2D eigenvalue weighted by molar-refractivity contribution is 0.341. The second-order valence-corrected chi connectivity index (χ2v) is 6.84. The number of ether oxygens (including phenoxy) is 1. The van der Waals surface area contributed by atoms with Gasteiger partial charge in [-0.15, -0.1) is 11.3 Å². The fraction of sp³-hybridized carbons (Fsp3) is 0.250. The van der Waals surface area contributed by atoms with Crippen molar-refractivity contribution in [2.24, 2.45) is 0 Å². The number of hydrogen-bond acceptors (Lipinski definition) is 6. The summed E-state index contributed by atoms with van der Waals surface area (Å²) in [5.41, 5.74) is 6.96. The van der Waals surface area contributed by atoms with Gasteiger partial charge in [-0.1, -0.05) is 6.07 Å². The Morgan fingerprint density at radius 3 is 2.90 bits per heavy atom. The minimum Gasteiger partial charge on any atom is -0.492 e. The van der Waals surface area contributed by atoms with Gasteiger partial charge < -0.3 is 10.5 Å². The van der Waals surface area contributed by atoms with Crippen LogP contribution in [0.25, 0.3) is 0 Å². The third kappa shape index (κ3) is 4.39. The number of hydrogen-bond donors (Lipinski definition) is 2. The van der Waals surface area contributed by atoms with Crippen LogP contribution in [0.2, 0.25) is 0 Å². The van der Waals surface area contributed by atoms with Crippen LogP contribution >= 0.6 is 11.3 Å². The van der Waals surface area contributed by atoms with Crippen molar-refractivity contribution in [3.8, 4) is 5.75 Å². The number of thiazole rings is 1. The van der Waals surface area contributed by atoms with Crippen molar-refractivity contribution in [1.29, 1.82) is 0 Å². The van der Waals surface area contributed by atoms with E-state index in [-0.39, 0.29) is 12.4 Å². The average Bonchev–Trinajstić information content (AvgIpc) is 2.73. The van der Waals surface area contributed by atoms with Crippen molar-refractivity contribution >= 4 is 32.2 Å². The number of benzene rings is 1. The molecule has 1 aromatic carbocycles. The standard InChI is InChI=1S/C12H15N3O3S2/c1-9-8-19-12(14-9)15-20(16,17)6-5-18-11-4-2-3-10(13)7-11/h2-4,7-8H,5-6,13H2,1H3,(H,14,15). The second kappa shape index (κ2) is 6.10. The Bertz CT molecular complexity index is 683. The number of rotatable bonds is 6. The Morgan fingerprint density at radius 1 is 1.45 bits per heavy atom. The van der Waals surface area contributed by atoms with E-state index in [9.17, 15) is 8.42 Å². The summed E-state index contributed by atoms with van der Waals surface area (Å²) in [6, 6.07) is 6.84. The molecule has 108 valence electrons. The number of anilines is 2. The first kappa shape index (κ1) is 14.6. The predicted molar refractivity (Wildman–Crippen MR) is 80.6 cm³/mol. The van der Waals surface area contributed by atoms with Gasteiger partial charge in [0.1, 0.15) is 18.1 Å². The zero-order valence-electron chi connectivity index (χ0n) is 10.9. The zero-order chi connectivity index (χ0) is 14.6. The molecule has 0 bridgehead atoms. The summed E-state index contributed by atoms with van der Waals surface area (Å²) in [6.45, 7) is 1.85. The molecule has 0 unspecified atom stereocenters. The van der Waals surface area contributed by atoms with Crippen LogP contribution in [0, 0.1) is 6.92 Å². The first-order chi connectivity index (χ1) is 9.44. The minimum absolute atomic E-state index is 0.0448. The van der Waals surface area contributed by atoms with Crippen molar-refractivity contribution < 1.29 is 13.2 Å². The van der Waals surface area contributed by atoms with Gasteiger partial charge in [-0.2, -0.15) is 0 Å². The molecule has 0 aliphatic heterocycles. The number of sulfonamides is 1. The Labute approximate surface area is 121 Å². The fourth-order valence-electron chi connectivity index (χ4n) is 1.46. The zero-order valence-corrected chi connectivity index (χ0v) is 12.5. The SMILES string of the molecule is Cc1csc(NS(=O)(=O)CCOc2cccc(N)c2)n1. The maximum atomic E-state index is 11.8. The molecule has 0 aliphatic rings. The van der Waals surface area contributed by atoms with Gasteiger partial charge in [0.25, 0.3) is 0 Å². The van der Waals surface area contributed by atoms with E-state index in [2.05, 4.69) is 9.71 Å². The van der Waals surface area contributed by atoms with Crippen LogP contribution in [0.5, 0.6) is 5.75 Å². The van der Waals surface area contributed by atoms with Gasteiger partial charge in [0.05, 0.1) is 5.69 Å². The molecular weight excluding hydrogens is 298 g/mol. The molecule has 2 aromatic rings. The smallest absolute Gasteiger partial charge is 0.237 e. The Kier molecular flexibility index (Phi) is 4.46. The third-order valence-corrected chi connectivity index (χ3v) is 4.55. The molecular formula is C12H15N3O3S2. The topological polar surface area (TPSA) is 94.3 Å². The van der Waals surface area contributed by atoms with Crippen molar-refractivity contribution in [3.05, 3.63) is 35.3 Å². The monoisotopic (exact) mass is 313 g/mol. The lowest BCUT2D eigenvalue weighted by atomic mass is 10.3. The van der Waals surface area contributed by atoms with Gasteiger partial charge in [0, 0.05) is 17.1 Å². The number of aryl methyl sites for hydroxylation is 1. The van der Waals surface area contributed by atoms with Gasteiger partial charge in [0.15, 0.2) is 5.13 Å². The molecule has 2 rings (SSSR count). The molecule has 6 nitrogen and oxygen atoms in total. The normalized spacial score (nSPS) is 11.2. The minimum atomic E-state index is -3.46. The van der Waals surface area contributed by atoms with Crippen LogP contribution in [0.4, 0.5) is 10.8 Å². The molecule has 8 heteroatoms. The first-order valence-corrected chi connectivity index (χ1v) is 8.39. The van der Waals surface area contributed by atoms with Crippen LogP contribution in [-0.4, -0.2) is 25.8 Å². The highest BCUT2D eigenvalue weighted by atomic mass is 32.2. The van der Waals surface area contributed by atoms with Gasteiger partial charge in [-0.25, -0.2) is 13.4 Å². The molecule has 0 fully saturated rings. The van der Waals surface area contributed by atoms with Gasteiger partial charge >= 0.3 is 0 Å². The summed E-state index contributed by atoms with van der Waals surface area (Å²) in [5, 5.41) is 2.15. The second-order valence-electron chi connectivity index (χ2n) is 4.14. The Balaban J connectivity index is 1.86. The molecule has 0 saturated carbocycles. The van der Waals surface area contributed by atoms with E-state index in [1.807, 2.05) is 0 Å². The number of nitrogens with one attached hydrogen (secondary N) is 1. The number of nitrogen functional groups attached to an aromatic ring is 1. The average molecular weight is 313 g/mol. The molecule has 20 heavy (non-hydrogen) atoms. The Morgan fingerprint density at radius 2 is 2.25 bits per heavy atom. The highest BCUT2D eigenvalue weighted by Crippen LogP contribution is 2.17. The van der Waals surface area contributed by atoms with E-state index in [1.54, 1.807) is 36.6 Å². The molecule has 0 amide bonds. The van der Waals surface area contributed by atoms with Crippen LogP contribution < -0.4 is 15.2 Å². The van der Waals surface area contributed by atoms with E-state index in [0.29, 0.717) is 16.6 Å². The summed E-state index contributed by atoms with van der Waals surface area (Å²) in [5.74, 6) is 0.394. The van der Waals surface area contributed by atoms with E-state index in [4.69, 9.17) is 10.5 Å². The molecule has 0 aliphatic carbocycles. The summed E-state index contributed by atoms with van der Waals surface area (Å²) in [6.07, 6.45) is 0. The largest absolute Gasteiger partial charge is 0.492 e. The maximum Gasteiger partial charge on any atom is 0.237 e. The van der Waals surface area contributed by atoms with Gasteiger partial charge in [-0.3, -0.25) is 4.72 Å². The van der Waals surface area contributed by atoms with Crippen molar-refractivity contribution in [1.82, 2.24) is 4.98 Å². The molecule has 0 atom stereocenters. The van der Waals surface area contributed by atoms with E-state index in [0.717, 1.165) is 5.69 Å². The summed E-state index contributed by atoms with van der Waals surface area (Å²) in [7, 11) is -3.46. The van der Waals surface area contributed by atoms with Crippen molar-refractivity contribution in [2.45, 2.75) is 6.92 Å². The fourth-order valence-corrected chi connectivity index (χ4v) is 3.28. The third-order valence-electron chi connectivity index (χ3n) is 2.34. The van der Waals surface area contributed by atoms with Gasteiger partial charge in [0.2, 0.25) is 10.0 Å². The number of aromatic nitrogens is 1. The van der Waals surface area contributed by atoms with Crippen molar-refractivity contribution in [3.63, 3.8) is 0 Å². The van der Waals surface area contributed by atoms with Crippen LogP contribution in [0.1, 0.15) is 5.69 Å². The molecule has 0 spiro atoms. The maximum absolute atomic E-state index is 11.8. The summed E-state index contributed by atoms with van der Waals surface area (Å²) in [4.78, 5) is 4.04. The molecule has 0 radical (unpaired) electrons. The van der Waals surface area contributed by atoms with Crippen LogP contribution in [0.3, 0.4) is 0 Å². The summed E-state index contributed by atoms with van der Waals surface area (Å²) < 4.78 is 31.4.